The maximum Gasteiger partial charge on any atom is 0.517 e. The Kier molecular flexibility index (Phi) is 3.06. The van der Waals surface area contributed by atoms with E-state index in [0.29, 0.717) is 0 Å². The maximum atomic E-state index is 7.55. The smallest absolute Gasteiger partial charge is 0.265 e. The standard InChI is InChI=1S/CH5BO4/c1-2(5-3)6-4/h3-4H,1H3. The quantitative estimate of drug-likeness (QED) is 0.287. The van der Waals surface area contributed by atoms with Crippen molar-refractivity contribution in [3.8, 4) is 0 Å². The van der Waals surface area contributed by atoms with Crippen LogP contribution >= 0.6 is 0 Å². The van der Waals surface area contributed by atoms with Crippen LogP contribution in [-0.4, -0.2) is 17.6 Å². The predicted molar refractivity (Wildman–Crippen MR) is 19.0 cm³/mol. The van der Waals surface area contributed by atoms with Crippen molar-refractivity contribution in [2.24, 2.45) is 0 Å². The average Bonchev–Trinajstić information content (AvgIpc) is 1.65. The topological polar surface area (TPSA) is 58.9 Å². The first kappa shape index (κ1) is 5.90. The molecular weight excluding hydrogens is 86.8 g/mol. The minimum atomic E-state index is -0.954. The van der Waals surface area contributed by atoms with Crippen molar-refractivity contribution in [3.63, 3.8) is 0 Å². The molecule has 0 aliphatic carbocycles. The van der Waals surface area contributed by atoms with Gasteiger partial charge in [0.05, 0.1) is 0 Å². The van der Waals surface area contributed by atoms with Gasteiger partial charge in [-0.3, -0.25) is 20.1 Å². The van der Waals surface area contributed by atoms with E-state index < -0.39 is 7.12 Å². The highest BCUT2D eigenvalue weighted by Gasteiger charge is 2.06. The second kappa shape index (κ2) is 3.11. The van der Waals surface area contributed by atoms with Gasteiger partial charge in [-0.1, -0.05) is 0 Å². The van der Waals surface area contributed by atoms with Gasteiger partial charge in [-0.05, 0) is 6.82 Å². The minimum absolute atomic E-state index is 0.954. The van der Waals surface area contributed by atoms with Crippen molar-refractivity contribution in [1.29, 1.82) is 0 Å². The molecule has 0 aromatic heterocycles. The lowest BCUT2D eigenvalue weighted by atomic mass is 9.98. The van der Waals surface area contributed by atoms with Gasteiger partial charge in [0.25, 0.3) is 0 Å². The molecule has 6 heavy (non-hydrogen) atoms. The molecule has 0 saturated heterocycles. The Labute approximate surface area is 35.3 Å². The Bertz CT molecular complexity index is 26.7. The molecule has 0 heterocycles. The molecule has 0 bridgehead atoms. The van der Waals surface area contributed by atoms with E-state index in [9.17, 15) is 0 Å². The summed E-state index contributed by atoms with van der Waals surface area (Å²) in [5.41, 5.74) is 0. The molecule has 0 aromatic carbocycles. The van der Waals surface area contributed by atoms with Crippen LogP contribution in [0.5, 0.6) is 0 Å². The molecule has 0 unspecified atom stereocenters. The second-order valence-electron chi connectivity index (χ2n) is 0.778. The van der Waals surface area contributed by atoms with Crippen molar-refractivity contribution in [1.82, 2.24) is 0 Å². The minimum Gasteiger partial charge on any atom is -0.265 e. The van der Waals surface area contributed by atoms with E-state index in [1.165, 1.54) is 6.82 Å². The second-order valence-corrected chi connectivity index (χ2v) is 0.778. The Morgan fingerprint density at radius 1 is 1.33 bits per heavy atom. The van der Waals surface area contributed by atoms with Crippen LogP contribution in [0, 0.1) is 0 Å². The molecule has 0 atom stereocenters. The molecule has 0 amide bonds. The predicted octanol–water partition coefficient (Wildman–Crippen LogP) is 0.0836. The summed E-state index contributed by atoms with van der Waals surface area (Å²) in [7, 11) is -0.954. The fourth-order valence-corrected chi connectivity index (χ4v) is 0.0192. The lowest BCUT2D eigenvalue weighted by Gasteiger charge is -1.92. The summed E-state index contributed by atoms with van der Waals surface area (Å²) >= 11 is 0. The van der Waals surface area contributed by atoms with Crippen molar-refractivity contribution < 1.29 is 20.1 Å². The zero-order chi connectivity index (χ0) is 4.99. The summed E-state index contributed by atoms with van der Waals surface area (Å²) in [5.74, 6) is 0. The molecule has 0 rings (SSSR count). The van der Waals surface area contributed by atoms with E-state index in [0.717, 1.165) is 0 Å². The highest BCUT2D eigenvalue weighted by molar-refractivity contribution is 6.41. The van der Waals surface area contributed by atoms with Crippen LogP contribution in [0.25, 0.3) is 0 Å². The molecule has 2 N–H and O–H groups in total. The lowest BCUT2D eigenvalue weighted by Crippen LogP contribution is -2.13. The average molecular weight is 91.9 g/mol. The molecule has 4 nitrogen and oxygen atoms in total. The SMILES string of the molecule is CB(OO)OO. The Hall–Kier alpha value is -0.0951. The number of rotatable bonds is 2. The normalized spacial score (nSPS) is 8.50. The first-order valence-electron chi connectivity index (χ1n) is 1.41. The highest BCUT2D eigenvalue weighted by Crippen LogP contribution is 1.76. The van der Waals surface area contributed by atoms with Crippen LogP contribution in [-0.2, 0) is 9.61 Å². The van der Waals surface area contributed by atoms with Gasteiger partial charge in [-0.15, -0.1) is 0 Å². The third-order valence-corrected chi connectivity index (χ3v) is 0.297. The fourth-order valence-electron chi connectivity index (χ4n) is 0.0192. The van der Waals surface area contributed by atoms with Crippen LogP contribution < -0.4 is 0 Å². The molecule has 0 aliphatic rings. The van der Waals surface area contributed by atoms with Gasteiger partial charge in [0, 0.05) is 0 Å². The number of hydrogen-bond donors (Lipinski definition) is 2. The van der Waals surface area contributed by atoms with Gasteiger partial charge < -0.3 is 0 Å². The Morgan fingerprint density at radius 2 is 1.67 bits per heavy atom. The lowest BCUT2D eigenvalue weighted by molar-refractivity contribution is -0.224. The van der Waals surface area contributed by atoms with Gasteiger partial charge >= 0.3 is 7.12 Å². The van der Waals surface area contributed by atoms with Crippen LogP contribution in [0.15, 0.2) is 0 Å². The third-order valence-electron chi connectivity index (χ3n) is 0.297. The van der Waals surface area contributed by atoms with E-state index in [1.807, 2.05) is 0 Å². The Balaban J connectivity index is 2.75. The van der Waals surface area contributed by atoms with E-state index in [4.69, 9.17) is 10.5 Å². The highest BCUT2D eigenvalue weighted by atomic mass is 17.2. The molecule has 0 aliphatic heterocycles. The van der Waals surface area contributed by atoms with Crippen molar-refractivity contribution in [2.45, 2.75) is 6.82 Å². The molecule has 5 heteroatoms. The number of hydrogen-bond acceptors (Lipinski definition) is 4. The van der Waals surface area contributed by atoms with Crippen LogP contribution in [0.1, 0.15) is 0 Å². The third kappa shape index (κ3) is 2.16. The van der Waals surface area contributed by atoms with Crippen molar-refractivity contribution >= 4 is 7.12 Å². The molecule has 0 radical (unpaired) electrons. The maximum absolute atomic E-state index is 7.55. The fraction of sp³-hybridized carbons (Fsp3) is 1.00. The van der Waals surface area contributed by atoms with E-state index in [-0.39, 0.29) is 0 Å². The molecule has 36 valence electrons. The zero-order valence-electron chi connectivity index (χ0n) is 3.29. The van der Waals surface area contributed by atoms with Gasteiger partial charge in [-0.2, -0.15) is 0 Å². The molecule has 0 spiro atoms. The molecule has 0 aromatic rings. The van der Waals surface area contributed by atoms with Crippen LogP contribution in [0.4, 0.5) is 0 Å². The molecule has 0 fully saturated rings. The van der Waals surface area contributed by atoms with Gasteiger partial charge in [0.2, 0.25) is 0 Å². The summed E-state index contributed by atoms with van der Waals surface area (Å²) in [6.45, 7) is 1.33. The largest absolute Gasteiger partial charge is 0.517 e. The summed E-state index contributed by atoms with van der Waals surface area (Å²) in [5, 5.41) is 15.1. The first-order valence-corrected chi connectivity index (χ1v) is 1.41. The zero-order valence-corrected chi connectivity index (χ0v) is 3.29. The van der Waals surface area contributed by atoms with Crippen LogP contribution in [0.2, 0.25) is 6.82 Å². The van der Waals surface area contributed by atoms with E-state index >= 15 is 0 Å². The summed E-state index contributed by atoms with van der Waals surface area (Å²) in [6.07, 6.45) is 0. The summed E-state index contributed by atoms with van der Waals surface area (Å²) in [6, 6.07) is 0. The van der Waals surface area contributed by atoms with Gasteiger partial charge in [0.15, 0.2) is 0 Å². The first-order chi connectivity index (χ1) is 2.81. The monoisotopic (exact) mass is 92.0 g/mol. The molecular formula is CH5BO4. The van der Waals surface area contributed by atoms with E-state index in [2.05, 4.69) is 9.61 Å². The van der Waals surface area contributed by atoms with E-state index in [1.54, 1.807) is 0 Å². The van der Waals surface area contributed by atoms with Crippen LogP contribution in [0.3, 0.4) is 0 Å². The molecule has 0 saturated carbocycles. The van der Waals surface area contributed by atoms with Crippen molar-refractivity contribution in [2.75, 3.05) is 0 Å². The van der Waals surface area contributed by atoms with Crippen molar-refractivity contribution in [3.05, 3.63) is 0 Å². The summed E-state index contributed by atoms with van der Waals surface area (Å²) in [4.78, 5) is 6.85. The summed E-state index contributed by atoms with van der Waals surface area (Å²) < 4.78 is 0. The van der Waals surface area contributed by atoms with Gasteiger partial charge in [-0.25, -0.2) is 0 Å². The Morgan fingerprint density at radius 3 is 1.67 bits per heavy atom. The van der Waals surface area contributed by atoms with Gasteiger partial charge in [0.1, 0.15) is 0 Å².